The van der Waals surface area contributed by atoms with E-state index in [2.05, 4.69) is 28.4 Å². The molecule has 2 heterocycles. The highest BCUT2D eigenvalue weighted by Crippen LogP contribution is 2.33. The number of anilines is 1. The van der Waals surface area contributed by atoms with Crippen molar-refractivity contribution in [3.63, 3.8) is 0 Å². The molecule has 17 heavy (non-hydrogen) atoms. The van der Waals surface area contributed by atoms with E-state index in [0.717, 1.165) is 25.3 Å². The first kappa shape index (κ1) is 10.4. The van der Waals surface area contributed by atoms with E-state index in [1.54, 1.807) is 0 Å². The van der Waals surface area contributed by atoms with Crippen LogP contribution in [0.4, 0.5) is 5.82 Å². The van der Waals surface area contributed by atoms with E-state index in [1.807, 2.05) is 12.1 Å². The van der Waals surface area contributed by atoms with Gasteiger partial charge >= 0.3 is 0 Å². The first-order valence-corrected chi connectivity index (χ1v) is 5.82. The van der Waals surface area contributed by atoms with Gasteiger partial charge in [0.2, 0.25) is 0 Å². The quantitative estimate of drug-likeness (QED) is 0.829. The van der Waals surface area contributed by atoms with E-state index in [1.165, 1.54) is 11.1 Å². The van der Waals surface area contributed by atoms with E-state index in [9.17, 15) is 0 Å². The van der Waals surface area contributed by atoms with Crippen LogP contribution in [0.25, 0.3) is 11.3 Å². The molecule has 0 radical (unpaired) electrons. The van der Waals surface area contributed by atoms with Gasteiger partial charge in [-0.05, 0) is 12.0 Å². The zero-order valence-corrected chi connectivity index (χ0v) is 9.52. The summed E-state index contributed by atoms with van der Waals surface area (Å²) in [5.41, 5.74) is 9.12. The fourth-order valence-corrected chi connectivity index (χ4v) is 2.35. The van der Waals surface area contributed by atoms with Gasteiger partial charge in [-0.3, -0.25) is 5.10 Å². The van der Waals surface area contributed by atoms with Crippen LogP contribution in [0, 0.1) is 0 Å². The number of H-pyrrole nitrogens is 1. The van der Waals surface area contributed by atoms with E-state index in [4.69, 9.17) is 10.5 Å². The third-order valence-electron chi connectivity index (χ3n) is 3.22. The molecule has 88 valence electrons. The van der Waals surface area contributed by atoms with Crippen molar-refractivity contribution in [3.05, 3.63) is 35.9 Å². The van der Waals surface area contributed by atoms with Crippen LogP contribution in [-0.2, 0) is 4.74 Å². The van der Waals surface area contributed by atoms with Crippen LogP contribution in [0.3, 0.4) is 0 Å². The van der Waals surface area contributed by atoms with Gasteiger partial charge in [0, 0.05) is 24.2 Å². The van der Waals surface area contributed by atoms with Gasteiger partial charge in [-0.1, -0.05) is 24.3 Å². The Morgan fingerprint density at radius 1 is 1.35 bits per heavy atom. The Bertz CT molecular complexity index is 515. The molecule has 0 amide bonds. The van der Waals surface area contributed by atoms with Gasteiger partial charge < -0.3 is 10.5 Å². The normalized spacial score (nSPS) is 19.6. The monoisotopic (exact) mass is 229 g/mol. The Hall–Kier alpha value is -1.81. The second-order valence-electron chi connectivity index (χ2n) is 4.35. The molecule has 4 nitrogen and oxygen atoms in total. The molecule has 1 aromatic heterocycles. The van der Waals surface area contributed by atoms with Crippen LogP contribution in [0.1, 0.15) is 17.9 Å². The standard InChI is InChI=1S/C13H15N3O/c14-13-7-12(15-16-13)11-4-2-1-3-10(11)9-5-6-17-8-9/h1-4,7,9H,5-6,8H2,(H3,14,15,16). The molecule has 4 heteroatoms. The molecule has 1 atom stereocenters. The smallest absolute Gasteiger partial charge is 0.145 e. The highest BCUT2D eigenvalue weighted by Gasteiger charge is 2.21. The maximum atomic E-state index is 5.65. The number of rotatable bonds is 2. The number of nitrogens with two attached hydrogens (primary N) is 1. The van der Waals surface area contributed by atoms with E-state index in [0.29, 0.717) is 11.7 Å². The second-order valence-corrected chi connectivity index (χ2v) is 4.35. The average Bonchev–Trinajstić information content (AvgIpc) is 3.00. The summed E-state index contributed by atoms with van der Waals surface area (Å²) in [6, 6.07) is 10.2. The molecule has 3 N–H and O–H groups in total. The molecule has 0 bridgehead atoms. The molecular formula is C13H15N3O. The van der Waals surface area contributed by atoms with Gasteiger partial charge in [0.15, 0.2) is 0 Å². The van der Waals surface area contributed by atoms with Crippen molar-refractivity contribution in [2.45, 2.75) is 12.3 Å². The fourth-order valence-electron chi connectivity index (χ4n) is 2.35. The fraction of sp³-hybridized carbons (Fsp3) is 0.308. The van der Waals surface area contributed by atoms with Crippen LogP contribution < -0.4 is 5.73 Å². The molecule has 1 fully saturated rings. The van der Waals surface area contributed by atoms with Crippen molar-refractivity contribution in [3.8, 4) is 11.3 Å². The minimum atomic E-state index is 0.482. The number of benzene rings is 1. The Morgan fingerprint density at radius 3 is 2.94 bits per heavy atom. The van der Waals surface area contributed by atoms with E-state index >= 15 is 0 Å². The molecule has 3 rings (SSSR count). The van der Waals surface area contributed by atoms with Gasteiger partial charge in [-0.2, -0.15) is 5.10 Å². The summed E-state index contributed by atoms with van der Waals surface area (Å²) in [7, 11) is 0. The van der Waals surface area contributed by atoms with Gasteiger partial charge in [0.05, 0.1) is 12.3 Å². The number of nitrogens with one attached hydrogen (secondary N) is 1. The SMILES string of the molecule is Nc1cc(-c2ccccc2C2CCOC2)[nH]n1. The lowest BCUT2D eigenvalue weighted by atomic mass is 9.92. The number of hydrogen-bond acceptors (Lipinski definition) is 3. The van der Waals surface area contributed by atoms with Crippen LogP contribution in [-0.4, -0.2) is 23.4 Å². The predicted molar refractivity (Wildman–Crippen MR) is 66.6 cm³/mol. The largest absolute Gasteiger partial charge is 0.382 e. The Labute approximate surface area is 99.8 Å². The van der Waals surface area contributed by atoms with Crippen LogP contribution >= 0.6 is 0 Å². The van der Waals surface area contributed by atoms with Crippen molar-refractivity contribution in [2.24, 2.45) is 0 Å². The van der Waals surface area contributed by atoms with Crippen molar-refractivity contribution in [2.75, 3.05) is 18.9 Å². The van der Waals surface area contributed by atoms with Crippen molar-refractivity contribution in [1.82, 2.24) is 10.2 Å². The highest BCUT2D eigenvalue weighted by molar-refractivity contribution is 5.66. The molecule has 0 spiro atoms. The first-order chi connectivity index (χ1) is 8.34. The third-order valence-corrected chi connectivity index (χ3v) is 3.22. The number of aromatic amines is 1. The lowest BCUT2D eigenvalue weighted by Crippen LogP contribution is -2.00. The summed E-state index contributed by atoms with van der Waals surface area (Å²) in [6.07, 6.45) is 1.08. The lowest BCUT2D eigenvalue weighted by molar-refractivity contribution is 0.194. The van der Waals surface area contributed by atoms with Gasteiger partial charge in [-0.15, -0.1) is 0 Å². The number of aromatic nitrogens is 2. The minimum Gasteiger partial charge on any atom is -0.382 e. The first-order valence-electron chi connectivity index (χ1n) is 5.82. The van der Waals surface area contributed by atoms with Crippen LogP contribution in [0.15, 0.2) is 30.3 Å². The molecule has 0 saturated carbocycles. The van der Waals surface area contributed by atoms with Crippen LogP contribution in [0.2, 0.25) is 0 Å². The number of nitrogens with zero attached hydrogens (tertiary/aromatic N) is 1. The number of ether oxygens (including phenoxy) is 1. The predicted octanol–water partition coefficient (Wildman–Crippen LogP) is 2.16. The Kier molecular flexibility index (Phi) is 2.57. The summed E-state index contributed by atoms with van der Waals surface area (Å²) in [5, 5.41) is 6.95. The molecule has 1 aliphatic heterocycles. The van der Waals surface area contributed by atoms with Crippen molar-refractivity contribution in [1.29, 1.82) is 0 Å². The van der Waals surface area contributed by atoms with Crippen LogP contribution in [0.5, 0.6) is 0 Å². The lowest BCUT2D eigenvalue weighted by Gasteiger charge is -2.12. The maximum absolute atomic E-state index is 5.65. The summed E-state index contributed by atoms with van der Waals surface area (Å²) in [4.78, 5) is 0. The summed E-state index contributed by atoms with van der Waals surface area (Å²) < 4.78 is 5.46. The van der Waals surface area contributed by atoms with Gasteiger partial charge in [0.25, 0.3) is 0 Å². The van der Waals surface area contributed by atoms with Gasteiger partial charge in [0.1, 0.15) is 5.82 Å². The molecule has 2 aromatic rings. The third kappa shape index (κ3) is 1.91. The summed E-state index contributed by atoms with van der Waals surface area (Å²) >= 11 is 0. The average molecular weight is 229 g/mol. The molecule has 1 unspecified atom stereocenters. The number of nitrogen functional groups attached to an aromatic ring is 1. The Morgan fingerprint density at radius 2 is 2.24 bits per heavy atom. The minimum absolute atomic E-state index is 0.482. The molecule has 1 aromatic carbocycles. The zero-order chi connectivity index (χ0) is 11.7. The van der Waals surface area contributed by atoms with E-state index in [-0.39, 0.29) is 0 Å². The van der Waals surface area contributed by atoms with Crippen molar-refractivity contribution < 1.29 is 4.74 Å². The van der Waals surface area contributed by atoms with Crippen molar-refractivity contribution >= 4 is 5.82 Å². The highest BCUT2D eigenvalue weighted by atomic mass is 16.5. The zero-order valence-electron chi connectivity index (χ0n) is 9.52. The van der Waals surface area contributed by atoms with E-state index < -0.39 is 0 Å². The molecule has 1 aliphatic rings. The van der Waals surface area contributed by atoms with Gasteiger partial charge in [-0.25, -0.2) is 0 Å². The topological polar surface area (TPSA) is 63.9 Å². The maximum Gasteiger partial charge on any atom is 0.145 e. The second kappa shape index (κ2) is 4.22. The Balaban J connectivity index is 2.03. The molecule has 0 aliphatic carbocycles. The molecule has 1 saturated heterocycles. The summed E-state index contributed by atoms with van der Waals surface area (Å²) in [6.45, 7) is 1.66. The molecular weight excluding hydrogens is 214 g/mol. The number of hydrogen-bond donors (Lipinski definition) is 2. The summed E-state index contributed by atoms with van der Waals surface area (Å²) in [5.74, 6) is 1.01.